The van der Waals surface area contributed by atoms with Crippen LogP contribution in [0, 0.1) is 5.92 Å². The number of rotatable bonds is 5. The smallest absolute Gasteiger partial charge is 0.407 e. The van der Waals surface area contributed by atoms with Crippen LogP contribution < -0.4 is 5.32 Å². The maximum atomic E-state index is 13.9. The molecule has 2 aliphatic rings. The first-order chi connectivity index (χ1) is 19.1. The number of nitrogens with zero attached hydrogens (tertiary/aromatic N) is 4. The van der Waals surface area contributed by atoms with Crippen LogP contribution in [-0.4, -0.2) is 69.1 Å². The molecule has 0 aliphatic carbocycles. The van der Waals surface area contributed by atoms with E-state index in [1.807, 2.05) is 56.3 Å². The fourth-order valence-corrected chi connectivity index (χ4v) is 5.55. The van der Waals surface area contributed by atoms with E-state index in [-0.39, 0.29) is 31.1 Å². The van der Waals surface area contributed by atoms with Crippen LogP contribution in [0.3, 0.4) is 0 Å². The maximum Gasteiger partial charge on any atom is 0.407 e. The SMILES string of the molecule is COC(=O)NC(C(=O)N1CN(C(=O)N2Cc3ccc(Cl)cc3C2)C[C@H]1c1nc(-c2ccc(Br)cc2)c[nH]1)C(C)C. The topological polar surface area (TPSA) is 111 Å². The minimum Gasteiger partial charge on any atom is -0.453 e. The average molecular weight is 630 g/mol. The molecule has 3 aromatic rings. The van der Waals surface area contributed by atoms with Gasteiger partial charge in [-0.15, -0.1) is 0 Å². The Morgan fingerprint density at radius 1 is 1.10 bits per heavy atom. The van der Waals surface area contributed by atoms with Gasteiger partial charge in [0.1, 0.15) is 17.9 Å². The van der Waals surface area contributed by atoms with E-state index in [9.17, 15) is 14.4 Å². The monoisotopic (exact) mass is 628 g/mol. The molecule has 40 heavy (non-hydrogen) atoms. The Labute approximate surface area is 245 Å². The number of aromatic amines is 1. The summed E-state index contributed by atoms with van der Waals surface area (Å²) in [5.41, 5.74) is 3.70. The molecule has 0 spiro atoms. The molecule has 12 heteroatoms. The number of imidazole rings is 1. The Morgan fingerprint density at radius 2 is 1.82 bits per heavy atom. The van der Waals surface area contributed by atoms with Crippen LogP contribution in [0.25, 0.3) is 11.3 Å². The number of carbonyl (C=O) groups excluding carboxylic acids is 3. The number of benzene rings is 2. The standard InChI is InChI=1S/C28H30BrClN6O4/c1-16(2)24(33-27(38)40-3)26(37)36-15-35(28(39)34-12-18-6-9-21(30)10-19(18)13-34)14-23(36)25-31-11-22(32-25)17-4-7-20(29)8-5-17/h4-11,16,23-24H,12-15H2,1-3H3,(H,31,32)(H,33,38)/t23-,24?/m0/s1. The molecule has 0 saturated carbocycles. The van der Waals surface area contributed by atoms with Crippen LogP contribution in [0.4, 0.5) is 9.59 Å². The number of hydrogen-bond acceptors (Lipinski definition) is 5. The molecule has 2 atom stereocenters. The second-order valence-corrected chi connectivity index (χ2v) is 11.6. The minimum absolute atomic E-state index is 0.0519. The molecule has 3 heterocycles. The van der Waals surface area contributed by atoms with Gasteiger partial charge in [0.05, 0.1) is 26.0 Å². The zero-order valence-electron chi connectivity index (χ0n) is 22.4. The molecule has 1 saturated heterocycles. The Balaban J connectivity index is 1.42. The average Bonchev–Trinajstić information content (AvgIpc) is 3.69. The van der Waals surface area contributed by atoms with Gasteiger partial charge in [-0.25, -0.2) is 14.6 Å². The molecule has 1 unspecified atom stereocenters. The highest BCUT2D eigenvalue weighted by atomic mass is 79.9. The van der Waals surface area contributed by atoms with Crippen molar-refractivity contribution in [3.8, 4) is 11.3 Å². The van der Waals surface area contributed by atoms with E-state index in [1.54, 1.807) is 20.9 Å². The van der Waals surface area contributed by atoms with Crippen LogP contribution in [0.2, 0.25) is 5.02 Å². The first kappa shape index (κ1) is 28.0. The predicted octanol–water partition coefficient (Wildman–Crippen LogP) is 5.15. The van der Waals surface area contributed by atoms with Crippen molar-refractivity contribution < 1.29 is 19.1 Å². The number of halogens is 2. The van der Waals surface area contributed by atoms with Gasteiger partial charge in [-0.2, -0.15) is 0 Å². The lowest BCUT2D eigenvalue weighted by molar-refractivity contribution is -0.135. The van der Waals surface area contributed by atoms with E-state index in [0.29, 0.717) is 23.9 Å². The first-order valence-corrected chi connectivity index (χ1v) is 14.1. The molecular formula is C28H30BrClN6O4. The van der Waals surface area contributed by atoms with Crippen molar-refractivity contribution in [2.24, 2.45) is 5.92 Å². The fraction of sp³-hybridized carbons (Fsp3) is 0.357. The lowest BCUT2D eigenvalue weighted by Crippen LogP contribution is -2.52. The summed E-state index contributed by atoms with van der Waals surface area (Å²) >= 11 is 9.61. The number of nitrogens with one attached hydrogen (secondary N) is 2. The van der Waals surface area contributed by atoms with Crippen molar-refractivity contribution in [2.45, 2.75) is 39.0 Å². The third-order valence-electron chi connectivity index (χ3n) is 7.25. The van der Waals surface area contributed by atoms with Crippen molar-refractivity contribution in [3.05, 3.63) is 75.1 Å². The van der Waals surface area contributed by atoms with Gasteiger partial charge in [-0.05, 0) is 41.3 Å². The van der Waals surface area contributed by atoms with E-state index in [4.69, 9.17) is 21.3 Å². The number of methoxy groups -OCH3 is 1. The zero-order valence-corrected chi connectivity index (χ0v) is 24.7. The number of amides is 4. The van der Waals surface area contributed by atoms with Crippen molar-refractivity contribution in [1.82, 2.24) is 30.0 Å². The highest BCUT2D eigenvalue weighted by molar-refractivity contribution is 9.10. The van der Waals surface area contributed by atoms with E-state index in [1.165, 1.54) is 7.11 Å². The molecular weight excluding hydrogens is 600 g/mol. The quantitative estimate of drug-likeness (QED) is 0.406. The van der Waals surface area contributed by atoms with Crippen molar-refractivity contribution in [3.63, 3.8) is 0 Å². The maximum absolute atomic E-state index is 13.9. The molecule has 2 aliphatic heterocycles. The van der Waals surface area contributed by atoms with Gasteiger partial charge < -0.3 is 29.7 Å². The van der Waals surface area contributed by atoms with Gasteiger partial charge in [0.25, 0.3) is 0 Å². The van der Waals surface area contributed by atoms with Crippen LogP contribution >= 0.6 is 27.5 Å². The Kier molecular flexibility index (Phi) is 8.04. The second-order valence-electron chi connectivity index (χ2n) is 10.3. The van der Waals surface area contributed by atoms with Crippen molar-refractivity contribution in [1.29, 1.82) is 0 Å². The van der Waals surface area contributed by atoms with Crippen LogP contribution in [0.5, 0.6) is 0 Å². The number of H-pyrrole nitrogens is 1. The van der Waals surface area contributed by atoms with Gasteiger partial charge >= 0.3 is 12.1 Å². The van der Waals surface area contributed by atoms with E-state index in [0.717, 1.165) is 26.9 Å². The Bertz CT molecular complexity index is 1430. The fourth-order valence-electron chi connectivity index (χ4n) is 5.10. The van der Waals surface area contributed by atoms with Crippen molar-refractivity contribution >= 4 is 45.6 Å². The molecule has 0 bridgehead atoms. The highest BCUT2D eigenvalue weighted by Crippen LogP contribution is 2.33. The van der Waals surface area contributed by atoms with Gasteiger partial charge in [0, 0.05) is 34.3 Å². The summed E-state index contributed by atoms with van der Waals surface area (Å²) in [5.74, 6) is 0.0159. The Morgan fingerprint density at radius 3 is 2.52 bits per heavy atom. The molecule has 2 N–H and O–H groups in total. The number of hydrogen-bond donors (Lipinski definition) is 2. The number of alkyl carbamates (subject to hydrolysis) is 1. The van der Waals surface area contributed by atoms with E-state index in [2.05, 4.69) is 26.2 Å². The predicted molar refractivity (Wildman–Crippen MR) is 153 cm³/mol. The van der Waals surface area contributed by atoms with Crippen LogP contribution in [0.15, 0.2) is 53.1 Å². The minimum atomic E-state index is -0.843. The van der Waals surface area contributed by atoms with Crippen LogP contribution in [-0.2, 0) is 22.6 Å². The molecule has 210 valence electrons. The first-order valence-electron chi connectivity index (χ1n) is 12.9. The highest BCUT2D eigenvalue weighted by Gasteiger charge is 2.43. The summed E-state index contributed by atoms with van der Waals surface area (Å²) < 4.78 is 5.71. The van der Waals surface area contributed by atoms with E-state index >= 15 is 0 Å². The molecule has 5 rings (SSSR count). The number of fused-ring (bicyclic) bond motifs is 1. The molecule has 1 fully saturated rings. The number of urea groups is 1. The summed E-state index contributed by atoms with van der Waals surface area (Å²) in [6, 6.07) is 11.8. The summed E-state index contributed by atoms with van der Waals surface area (Å²) in [6.45, 7) is 4.89. The largest absolute Gasteiger partial charge is 0.453 e. The molecule has 4 amide bonds. The van der Waals surface area contributed by atoms with Crippen LogP contribution in [0.1, 0.15) is 36.8 Å². The third kappa shape index (κ3) is 5.66. The third-order valence-corrected chi connectivity index (χ3v) is 8.02. The van der Waals surface area contributed by atoms with Crippen molar-refractivity contribution in [2.75, 3.05) is 20.3 Å². The molecule has 2 aromatic carbocycles. The lowest BCUT2D eigenvalue weighted by Gasteiger charge is -2.29. The molecule has 10 nitrogen and oxygen atoms in total. The zero-order chi connectivity index (χ0) is 28.6. The number of ether oxygens (including phenoxy) is 1. The van der Waals surface area contributed by atoms with E-state index < -0.39 is 18.2 Å². The number of carbonyl (C=O) groups is 3. The number of aromatic nitrogens is 2. The Hall–Kier alpha value is -3.57. The second kappa shape index (κ2) is 11.5. The lowest BCUT2D eigenvalue weighted by atomic mass is 10.0. The van der Waals surface area contributed by atoms with Gasteiger partial charge in [0.2, 0.25) is 5.91 Å². The summed E-state index contributed by atoms with van der Waals surface area (Å²) in [4.78, 5) is 52.6. The van der Waals surface area contributed by atoms with Gasteiger partial charge in [-0.3, -0.25) is 4.79 Å². The summed E-state index contributed by atoms with van der Waals surface area (Å²) in [7, 11) is 1.25. The summed E-state index contributed by atoms with van der Waals surface area (Å²) in [5, 5.41) is 3.28. The normalized spacial score (nSPS) is 17.2. The van der Waals surface area contributed by atoms with Gasteiger partial charge in [-0.1, -0.05) is 59.6 Å². The summed E-state index contributed by atoms with van der Waals surface area (Å²) in [6.07, 6.45) is 1.10. The van der Waals surface area contributed by atoms with Gasteiger partial charge in [0.15, 0.2) is 0 Å². The molecule has 1 aromatic heterocycles. The molecule has 0 radical (unpaired) electrons.